The number of nitrogens with one attached hydrogen (secondary N) is 1. The smallest absolute Gasteiger partial charge is 0.287 e. The summed E-state index contributed by atoms with van der Waals surface area (Å²) in [5, 5.41) is 4.82. The lowest BCUT2D eigenvalue weighted by Crippen LogP contribution is -2.43. The summed E-state index contributed by atoms with van der Waals surface area (Å²) >= 11 is 6.07. The number of ether oxygens (including phenoxy) is 1. The fourth-order valence-electron chi connectivity index (χ4n) is 4.31. The number of nitrogens with zero attached hydrogens (tertiary/aromatic N) is 1. The molecule has 1 N–H and O–H groups in total. The van der Waals surface area contributed by atoms with Gasteiger partial charge in [-0.1, -0.05) is 29.8 Å². The largest absolute Gasteiger partial charge is 0.451 e. The minimum atomic E-state index is -0.187. The van der Waals surface area contributed by atoms with Gasteiger partial charge in [-0.15, -0.1) is 0 Å². The number of furan rings is 1. The second-order valence-electron chi connectivity index (χ2n) is 7.94. The molecule has 0 bridgehead atoms. The zero-order valence-corrected chi connectivity index (χ0v) is 18.4. The van der Waals surface area contributed by atoms with Gasteiger partial charge in [0.25, 0.3) is 5.91 Å². The standard InChI is InChI=1S/C24H27ClN2O3/c1-15-12-16(2)22-17(3)23(30-21(22)13-15)24(28)26-14-20(27-8-10-29-11-9-27)18-4-6-19(25)7-5-18/h4-7,12-13,20H,8-11,14H2,1-3H3,(H,26,28)/t20-/m0/s1. The van der Waals surface area contributed by atoms with Gasteiger partial charge in [-0.05, 0) is 55.7 Å². The molecular weight excluding hydrogens is 400 g/mol. The molecular formula is C24H27ClN2O3. The normalized spacial score (nSPS) is 16.0. The molecule has 5 nitrogen and oxygen atoms in total. The van der Waals surface area contributed by atoms with Crippen molar-refractivity contribution in [1.29, 1.82) is 0 Å². The Kier molecular flexibility index (Phi) is 6.14. The molecule has 0 spiro atoms. The fourth-order valence-corrected chi connectivity index (χ4v) is 4.43. The van der Waals surface area contributed by atoms with Crippen LogP contribution in [0.25, 0.3) is 11.0 Å². The number of halogens is 1. The molecule has 1 aromatic heterocycles. The summed E-state index contributed by atoms with van der Waals surface area (Å²) in [4.78, 5) is 15.4. The number of benzene rings is 2. The Balaban J connectivity index is 1.56. The monoisotopic (exact) mass is 426 g/mol. The molecule has 30 heavy (non-hydrogen) atoms. The van der Waals surface area contributed by atoms with Crippen LogP contribution in [0.2, 0.25) is 5.02 Å². The predicted molar refractivity (Wildman–Crippen MR) is 119 cm³/mol. The highest BCUT2D eigenvalue weighted by Gasteiger charge is 2.25. The van der Waals surface area contributed by atoms with Crippen LogP contribution in [0, 0.1) is 20.8 Å². The Labute approximate surface area is 181 Å². The summed E-state index contributed by atoms with van der Waals surface area (Å²) in [6.07, 6.45) is 0. The molecule has 0 unspecified atom stereocenters. The second kappa shape index (κ2) is 8.80. The van der Waals surface area contributed by atoms with E-state index in [1.165, 1.54) is 0 Å². The molecule has 158 valence electrons. The highest BCUT2D eigenvalue weighted by Crippen LogP contribution is 2.30. The molecule has 2 aromatic carbocycles. The van der Waals surface area contributed by atoms with Crippen LogP contribution in [0.4, 0.5) is 0 Å². The number of rotatable bonds is 5. The predicted octanol–water partition coefficient (Wildman–Crippen LogP) is 4.81. The maximum absolute atomic E-state index is 13.0. The van der Waals surface area contributed by atoms with Crippen LogP contribution in [-0.4, -0.2) is 43.7 Å². The molecule has 3 aromatic rings. The lowest BCUT2D eigenvalue weighted by atomic mass is 10.0. The van der Waals surface area contributed by atoms with Crippen molar-refractivity contribution in [3.05, 3.63) is 69.4 Å². The van der Waals surface area contributed by atoms with E-state index >= 15 is 0 Å². The van der Waals surface area contributed by atoms with Crippen LogP contribution < -0.4 is 5.32 Å². The second-order valence-corrected chi connectivity index (χ2v) is 8.37. The minimum absolute atomic E-state index is 0.0452. The maximum atomic E-state index is 13.0. The molecule has 1 aliphatic rings. The topological polar surface area (TPSA) is 54.7 Å². The first-order valence-corrected chi connectivity index (χ1v) is 10.7. The SMILES string of the molecule is Cc1cc(C)c2c(C)c(C(=O)NC[C@@H](c3ccc(Cl)cc3)N3CCOCC3)oc2c1. The highest BCUT2D eigenvalue weighted by molar-refractivity contribution is 6.30. The van der Waals surface area contributed by atoms with Gasteiger partial charge in [-0.3, -0.25) is 9.69 Å². The van der Waals surface area contributed by atoms with Gasteiger partial charge in [0.1, 0.15) is 5.58 Å². The van der Waals surface area contributed by atoms with Crippen LogP contribution in [0.1, 0.15) is 38.9 Å². The van der Waals surface area contributed by atoms with Gasteiger partial charge in [0.15, 0.2) is 5.76 Å². The number of carbonyl (C=O) groups excluding carboxylic acids is 1. The highest BCUT2D eigenvalue weighted by atomic mass is 35.5. The molecule has 6 heteroatoms. The first kappa shape index (κ1) is 20.9. The van der Waals surface area contributed by atoms with E-state index in [1.807, 2.05) is 44.2 Å². The van der Waals surface area contributed by atoms with Crippen molar-refractivity contribution in [3.63, 3.8) is 0 Å². The van der Waals surface area contributed by atoms with Crippen LogP contribution in [0.15, 0.2) is 40.8 Å². The Morgan fingerprint density at radius 3 is 2.53 bits per heavy atom. The van der Waals surface area contributed by atoms with Crippen molar-refractivity contribution in [3.8, 4) is 0 Å². The van der Waals surface area contributed by atoms with Crippen molar-refractivity contribution < 1.29 is 13.9 Å². The number of aryl methyl sites for hydroxylation is 3. The lowest BCUT2D eigenvalue weighted by molar-refractivity contribution is 0.0161. The van der Waals surface area contributed by atoms with Crippen molar-refractivity contribution in [2.75, 3.05) is 32.8 Å². The van der Waals surface area contributed by atoms with E-state index in [2.05, 4.69) is 23.2 Å². The summed E-state index contributed by atoms with van der Waals surface area (Å²) < 4.78 is 11.5. The molecule has 0 aliphatic carbocycles. The zero-order chi connectivity index (χ0) is 21.3. The third kappa shape index (κ3) is 4.24. The van der Waals surface area contributed by atoms with Gasteiger partial charge in [-0.2, -0.15) is 0 Å². The number of morpholine rings is 1. The molecule has 1 saturated heterocycles. The van der Waals surface area contributed by atoms with E-state index in [0.29, 0.717) is 30.5 Å². The average Bonchev–Trinajstić information content (AvgIpc) is 3.06. The van der Waals surface area contributed by atoms with Crippen molar-refractivity contribution >= 4 is 28.5 Å². The van der Waals surface area contributed by atoms with Gasteiger partial charge in [0, 0.05) is 35.6 Å². The lowest BCUT2D eigenvalue weighted by Gasteiger charge is -2.34. The Bertz CT molecular complexity index is 1050. The van der Waals surface area contributed by atoms with Gasteiger partial charge in [0.2, 0.25) is 0 Å². The van der Waals surface area contributed by atoms with Gasteiger partial charge in [0.05, 0.1) is 19.3 Å². The van der Waals surface area contributed by atoms with Crippen molar-refractivity contribution in [1.82, 2.24) is 10.2 Å². The van der Waals surface area contributed by atoms with E-state index < -0.39 is 0 Å². The minimum Gasteiger partial charge on any atom is -0.451 e. The summed E-state index contributed by atoms with van der Waals surface area (Å²) in [5.74, 6) is 0.198. The molecule has 0 saturated carbocycles. The third-order valence-electron chi connectivity index (χ3n) is 5.77. The Morgan fingerprint density at radius 1 is 1.13 bits per heavy atom. The number of hydrogen-bond donors (Lipinski definition) is 1. The zero-order valence-electron chi connectivity index (χ0n) is 17.6. The van der Waals surface area contributed by atoms with E-state index in [1.54, 1.807) is 0 Å². The third-order valence-corrected chi connectivity index (χ3v) is 6.03. The van der Waals surface area contributed by atoms with Gasteiger partial charge >= 0.3 is 0 Å². The summed E-state index contributed by atoms with van der Waals surface area (Å²) in [6.45, 7) is 9.55. The molecule has 1 fully saturated rings. The Morgan fingerprint density at radius 2 is 1.83 bits per heavy atom. The van der Waals surface area contributed by atoms with Gasteiger partial charge in [-0.25, -0.2) is 0 Å². The first-order valence-electron chi connectivity index (χ1n) is 10.3. The molecule has 1 atom stereocenters. The number of hydrogen-bond acceptors (Lipinski definition) is 4. The summed E-state index contributed by atoms with van der Waals surface area (Å²) in [6, 6.07) is 12.0. The molecule has 1 aliphatic heterocycles. The summed E-state index contributed by atoms with van der Waals surface area (Å²) in [7, 11) is 0. The van der Waals surface area contributed by atoms with E-state index in [0.717, 1.165) is 46.3 Å². The average molecular weight is 427 g/mol. The first-order chi connectivity index (χ1) is 14.4. The quantitative estimate of drug-likeness (QED) is 0.635. The molecule has 4 rings (SSSR count). The summed E-state index contributed by atoms with van der Waals surface area (Å²) in [5.41, 5.74) is 5.01. The molecule has 1 amide bonds. The van der Waals surface area contributed by atoms with Crippen LogP contribution in [-0.2, 0) is 4.74 Å². The van der Waals surface area contributed by atoms with Gasteiger partial charge < -0.3 is 14.5 Å². The molecule has 2 heterocycles. The van der Waals surface area contributed by atoms with Crippen molar-refractivity contribution in [2.45, 2.75) is 26.8 Å². The number of fused-ring (bicyclic) bond motifs is 1. The number of carbonyl (C=O) groups is 1. The van der Waals surface area contributed by atoms with E-state index in [4.69, 9.17) is 20.8 Å². The molecule has 0 radical (unpaired) electrons. The van der Waals surface area contributed by atoms with Crippen LogP contribution in [0.5, 0.6) is 0 Å². The Hall–Kier alpha value is -2.34. The van der Waals surface area contributed by atoms with E-state index in [9.17, 15) is 4.79 Å². The fraction of sp³-hybridized carbons (Fsp3) is 0.375. The van der Waals surface area contributed by atoms with Crippen molar-refractivity contribution in [2.24, 2.45) is 0 Å². The number of amides is 1. The van der Waals surface area contributed by atoms with Crippen LogP contribution in [0.3, 0.4) is 0 Å². The maximum Gasteiger partial charge on any atom is 0.287 e. The van der Waals surface area contributed by atoms with E-state index in [-0.39, 0.29) is 11.9 Å². The van der Waals surface area contributed by atoms with Crippen LogP contribution >= 0.6 is 11.6 Å².